The van der Waals surface area contributed by atoms with E-state index in [1.165, 1.54) is 25.7 Å². The first-order chi connectivity index (χ1) is 23.4. The zero-order valence-electron chi connectivity index (χ0n) is 29.0. The Morgan fingerprint density at radius 2 is 1.76 bits per heavy atom. The highest BCUT2D eigenvalue weighted by Crippen LogP contribution is 2.76. The Morgan fingerprint density at radius 1 is 0.980 bits per heavy atom. The number of hydrogen-bond donors (Lipinski definition) is 6. The van der Waals surface area contributed by atoms with Crippen molar-refractivity contribution in [3.8, 4) is 0 Å². The number of rotatable bonds is 4. The van der Waals surface area contributed by atoms with Gasteiger partial charge in [-0.05, 0) is 105 Å². The summed E-state index contributed by atoms with van der Waals surface area (Å²) in [5, 5.41) is 68.2. The summed E-state index contributed by atoms with van der Waals surface area (Å²) in [6.45, 7) is 2.50. The minimum absolute atomic E-state index is 0.0992. The van der Waals surface area contributed by atoms with Crippen LogP contribution < -0.4 is 5.32 Å². The van der Waals surface area contributed by atoms with Crippen LogP contribution in [0.4, 0.5) is 0 Å². The fraction of sp³-hybridized carbons (Fsp3) is 0.800. The third-order valence-electron chi connectivity index (χ3n) is 16.9. The highest BCUT2D eigenvalue weighted by Gasteiger charge is 2.84. The molecule has 9 aliphatic rings. The molecule has 0 amide bonds. The number of likely N-dealkylation sites (N-methyl/N-ethyl adjacent to an activating group) is 1. The van der Waals surface area contributed by atoms with Gasteiger partial charge in [-0.15, -0.1) is 0 Å². The van der Waals surface area contributed by atoms with Gasteiger partial charge in [0.05, 0.1) is 23.2 Å². The van der Waals surface area contributed by atoms with Crippen molar-refractivity contribution in [2.24, 2.45) is 64.1 Å². The third-order valence-corrected chi connectivity index (χ3v) is 16.9. The monoisotopic (exact) mass is 677 g/mol. The van der Waals surface area contributed by atoms with Gasteiger partial charge in [-0.3, -0.25) is 0 Å². The number of aliphatic hydroxyl groups excluding tert-OH is 2. The van der Waals surface area contributed by atoms with E-state index in [1.807, 2.05) is 14.0 Å². The average Bonchev–Trinajstić information content (AvgIpc) is 3.77. The van der Waals surface area contributed by atoms with E-state index in [2.05, 4.69) is 23.5 Å². The molecule has 49 heavy (non-hydrogen) atoms. The second-order valence-electron chi connectivity index (χ2n) is 18.2. The predicted octanol–water partition coefficient (Wildman–Crippen LogP) is 2.98. The number of esters is 1. The molecule has 0 aromatic heterocycles. The molecule has 6 N–H and O–H groups in total. The molecule has 1 aliphatic heterocycles. The summed E-state index contributed by atoms with van der Waals surface area (Å²) in [6, 6.07) is 0. The maximum Gasteiger partial charge on any atom is 0.331 e. The fourth-order valence-electron chi connectivity index (χ4n) is 15.0. The first kappa shape index (κ1) is 33.0. The zero-order chi connectivity index (χ0) is 34.3. The van der Waals surface area contributed by atoms with Gasteiger partial charge in [0, 0.05) is 35.8 Å². The SMILES string of the molecule is CNCC1=CC2CC3(O)C(C)(CCC4C5(C=O)CCC(O)C6CC7C=CCC(C8CCCC8)C7CC(C(O)C43O)C65O)C2C2=CC(=O)OC12. The first-order valence-electron chi connectivity index (χ1n) is 19.3. The molecule has 0 radical (unpaired) electrons. The quantitative estimate of drug-likeness (QED) is 0.150. The molecule has 9 rings (SSSR count). The van der Waals surface area contributed by atoms with Gasteiger partial charge >= 0.3 is 5.97 Å². The Kier molecular flexibility index (Phi) is 7.29. The standard InChI is InChI=1S/C40H55NO8/c1-36-12-11-31-37(20-42)13-10-30(43)28-15-22-8-5-9-25(21-6-3-4-7-21)26(22)16-29(39(28,37)47)35(45)40(31,48)38(36,46)18-23-14-24(19-41-2)34-27(33(23)36)17-32(44)49-34/h5,8,14,17,20-23,25-26,28-31,33-35,41,43,45-48H,3-4,6-7,9-13,15-16,18-19H2,1-2H3. The van der Waals surface area contributed by atoms with Crippen molar-refractivity contribution in [1.29, 1.82) is 0 Å². The van der Waals surface area contributed by atoms with E-state index in [0.717, 1.165) is 23.9 Å². The second-order valence-corrected chi connectivity index (χ2v) is 18.2. The molecule has 0 aromatic rings. The van der Waals surface area contributed by atoms with Gasteiger partial charge < -0.3 is 40.4 Å². The molecule has 6 saturated carbocycles. The van der Waals surface area contributed by atoms with Gasteiger partial charge in [0.1, 0.15) is 23.6 Å². The summed E-state index contributed by atoms with van der Waals surface area (Å²) in [5.41, 5.74) is -6.31. The molecule has 9 heteroatoms. The van der Waals surface area contributed by atoms with Gasteiger partial charge in [-0.1, -0.05) is 50.8 Å². The van der Waals surface area contributed by atoms with Gasteiger partial charge in [-0.25, -0.2) is 4.79 Å². The molecule has 0 aromatic carbocycles. The lowest BCUT2D eigenvalue weighted by Crippen LogP contribution is -2.85. The van der Waals surface area contributed by atoms with E-state index in [0.29, 0.717) is 50.5 Å². The van der Waals surface area contributed by atoms with Crippen molar-refractivity contribution in [3.63, 3.8) is 0 Å². The first-order valence-corrected chi connectivity index (χ1v) is 19.3. The predicted molar refractivity (Wildman–Crippen MR) is 179 cm³/mol. The Bertz CT molecular complexity index is 1520. The third kappa shape index (κ3) is 3.83. The van der Waals surface area contributed by atoms with Crippen molar-refractivity contribution < 1.29 is 39.9 Å². The molecule has 0 bridgehead atoms. The molecular formula is C40H55NO8. The van der Waals surface area contributed by atoms with Gasteiger partial charge in [0.2, 0.25) is 0 Å². The van der Waals surface area contributed by atoms with Crippen LogP contribution in [-0.4, -0.2) is 86.5 Å². The van der Waals surface area contributed by atoms with Crippen LogP contribution in [-0.2, 0) is 14.3 Å². The summed E-state index contributed by atoms with van der Waals surface area (Å²) in [7, 11) is 1.84. The van der Waals surface area contributed by atoms with Crippen molar-refractivity contribution in [1.82, 2.24) is 5.32 Å². The fourth-order valence-corrected chi connectivity index (χ4v) is 15.0. The normalized spacial score (nSPS) is 55.8. The highest BCUT2D eigenvalue weighted by molar-refractivity contribution is 5.87. The maximum atomic E-state index is 13.9. The van der Waals surface area contributed by atoms with Crippen LogP contribution in [0.5, 0.6) is 0 Å². The van der Waals surface area contributed by atoms with Crippen LogP contribution in [0.15, 0.2) is 35.5 Å². The van der Waals surface area contributed by atoms with Crippen LogP contribution in [0.1, 0.15) is 84.0 Å². The van der Waals surface area contributed by atoms with E-state index in [1.54, 1.807) is 6.08 Å². The minimum atomic E-state index is -2.11. The number of ether oxygens (including phenoxy) is 1. The van der Waals surface area contributed by atoms with E-state index < -0.39 is 69.7 Å². The van der Waals surface area contributed by atoms with Crippen LogP contribution >= 0.6 is 0 Å². The molecule has 268 valence electrons. The lowest BCUT2D eigenvalue weighted by Gasteiger charge is -2.72. The van der Waals surface area contributed by atoms with E-state index in [-0.39, 0.29) is 36.5 Å². The molecule has 0 spiro atoms. The van der Waals surface area contributed by atoms with Gasteiger partial charge in [0.25, 0.3) is 0 Å². The summed E-state index contributed by atoms with van der Waals surface area (Å²) in [6.07, 6.45) is 14.3. The van der Waals surface area contributed by atoms with E-state index >= 15 is 0 Å². The molecule has 16 unspecified atom stereocenters. The number of fused-ring (bicyclic) bond motifs is 9. The number of nitrogens with one attached hydrogen (secondary N) is 1. The van der Waals surface area contributed by atoms with E-state index in [4.69, 9.17) is 4.74 Å². The lowest BCUT2D eigenvalue weighted by molar-refractivity contribution is -0.373. The number of hydrogen-bond acceptors (Lipinski definition) is 9. The molecule has 1 heterocycles. The van der Waals surface area contributed by atoms with Crippen molar-refractivity contribution in [2.75, 3.05) is 13.6 Å². The second kappa shape index (κ2) is 10.8. The summed E-state index contributed by atoms with van der Waals surface area (Å²) >= 11 is 0. The minimum Gasteiger partial charge on any atom is -0.450 e. The Balaban J connectivity index is 1.20. The van der Waals surface area contributed by atoms with Crippen LogP contribution in [0.2, 0.25) is 0 Å². The number of aliphatic hydroxyl groups is 5. The molecule has 9 nitrogen and oxygen atoms in total. The van der Waals surface area contributed by atoms with Gasteiger partial charge in [-0.2, -0.15) is 0 Å². The van der Waals surface area contributed by atoms with E-state index in [9.17, 15) is 35.1 Å². The summed E-state index contributed by atoms with van der Waals surface area (Å²) in [5.74, 6) is -2.20. The maximum absolute atomic E-state index is 13.9. The number of carbonyl (C=O) groups is 2. The number of aldehydes is 1. The molecule has 0 saturated heterocycles. The number of allylic oxidation sites excluding steroid dienone is 3. The Hall–Kier alpha value is -1.88. The van der Waals surface area contributed by atoms with Gasteiger partial charge in [0.15, 0.2) is 0 Å². The highest BCUT2D eigenvalue weighted by atomic mass is 16.5. The Morgan fingerprint density at radius 3 is 2.49 bits per heavy atom. The van der Waals surface area contributed by atoms with Crippen LogP contribution in [0, 0.1) is 64.1 Å². The Labute approximate surface area is 289 Å². The zero-order valence-corrected chi connectivity index (χ0v) is 29.0. The number of carbonyl (C=O) groups excluding carboxylic acids is 2. The average molecular weight is 678 g/mol. The summed E-state index contributed by atoms with van der Waals surface area (Å²) in [4.78, 5) is 26.6. The van der Waals surface area contributed by atoms with Crippen molar-refractivity contribution in [3.05, 3.63) is 35.5 Å². The van der Waals surface area contributed by atoms with Crippen molar-refractivity contribution in [2.45, 2.75) is 119 Å². The molecular weight excluding hydrogens is 622 g/mol. The summed E-state index contributed by atoms with van der Waals surface area (Å²) < 4.78 is 5.80. The molecule has 6 fully saturated rings. The topological polar surface area (TPSA) is 157 Å². The van der Waals surface area contributed by atoms with Crippen LogP contribution in [0.25, 0.3) is 0 Å². The largest absolute Gasteiger partial charge is 0.450 e. The smallest absolute Gasteiger partial charge is 0.331 e. The van der Waals surface area contributed by atoms with Crippen LogP contribution in [0.3, 0.4) is 0 Å². The lowest BCUT2D eigenvalue weighted by atomic mass is 9.35. The van der Waals surface area contributed by atoms with Crippen molar-refractivity contribution >= 4 is 12.3 Å². The molecule has 8 aliphatic carbocycles. The molecule has 16 atom stereocenters.